The summed E-state index contributed by atoms with van der Waals surface area (Å²) in [6.45, 7) is 11.9. The number of hydrogen-bond donors (Lipinski definition) is 1. The number of nitrogens with zero attached hydrogens (tertiary/aromatic N) is 3. The van der Waals surface area contributed by atoms with Gasteiger partial charge >= 0.3 is 6.09 Å². The fourth-order valence-electron chi connectivity index (χ4n) is 4.27. The second-order valence-corrected chi connectivity index (χ2v) is 9.59. The molecule has 2 atom stereocenters. The van der Waals surface area contributed by atoms with E-state index in [1.54, 1.807) is 0 Å². The normalized spacial score (nSPS) is 22.0. The van der Waals surface area contributed by atoms with E-state index < -0.39 is 5.60 Å². The number of alkyl carbamates (subject to hydrolysis) is 1. The smallest absolute Gasteiger partial charge is 0.407 e. The zero-order chi connectivity index (χ0) is 22.3. The van der Waals surface area contributed by atoms with Gasteiger partial charge in [0.2, 0.25) is 0 Å². The Labute approximate surface area is 186 Å². The van der Waals surface area contributed by atoms with Crippen LogP contribution in [-0.4, -0.2) is 79.5 Å². The van der Waals surface area contributed by atoms with Crippen molar-refractivity contribution in [3.63, 3.8) is 0 Å². The van der Waals surface area contributed by atoms with E-state index in [4.69, 9.17) is 14.7 Å². The maximum Gasteiger partial charge on any atom is 0.407 e. The van der Waals surface area contributed by atoms with Gasteiger partial charge in [-0.1, -0.05) is 12.1 Å². The number of aryl methyl sites for hydroxylation is 1. The number of unbranched alkanes of at least 4 members (excludes halogenated alkanes) is 1. The first-order chi connectivity index (χ1) is 14.8. The van der Waals surface area contributed by atoms with E-state index in [9.17, 15) is 4.79 Å². The highest BCUT2D eigenvalue weighted by Gasteiger charge is 2.34. The van der Waals surface area contributed by atoms with E-state index in [0.29, 0.717) is 6.54 Å². The van der Waals surface area contributed by atoms with Crippen molar-refractivity contribution >= 4 is 6.09 Å². The van der Waals surface area contributed by atoms with Crippen molar-refractivity contribution < 1.29 is 14.3 Å². The van der Waals surface area contributed by atoms with E-state index in [1.807, 2.05) is 32.9 Å². The second-order valence-electron chi connectivity index (χ2n) is 9.59. The molecule has 31 heavy (non-hydrogen) atoms. The van der Waals surface area contributed by atoms with E-state index >= 15 is 0 Å². The number of hydrogen-bond acceptors (Lipinski definition) is 6. The lowest BCUT2D eigenvalue weighted by Crippen LogP contribution is -2.60. The third-order valence-electron chi connectivity index (χ3n) is 5.60. The Morgan fingerprint density at radius 1 is 1.10 bits per heavy atom. The van der Waals surface area contributed by atoms with Crippen molar-refractivity contribution in [1.82, 2.24) is 15.1 Å². The number of benzene rings is 1. The summed E-state index contributed by atoms with van der Waals surface area (Å²) in [4.78, 5) is 16.7. The number of ether oxygens (including phenoxy) is 2. The first-order valence-electron chi connectivity index (χ1n) is 11.4. The minimum Gasteiger partial charge on any atom is -0.444 e. The Hall–Kier alpha value is -2.14. The molecule has 2 fully saturated rings. The predicted octanol–water partition coefficient (Wildman–Crippen LogP) is 2.79. The summed E-state index contributed by atoms with van der Waals surface area (Å²) >= 11 is 0. The lowest BCUT2D eigenvalue weighted by atomic mass is 10.1. The number of carbonyl (C=O) groups is 1. The minimum atomic E-state index is -0.467. The zero-order valence-corrected chi connectivity index (χ0v) is 19.1. The summed E-state index contributed by atoms with van der Waals surface area (Å²) in [5, 5.41) is 11.7. The zero-order valence-electron chi connectivity index (χ0n) is 19.1. The van der Waals surface area contributed by atoms with Crippen molar-refractivity contribution in [3.05, 3.63) is 35.4 Å². The highest BCUT2D eigenvalue weighted by molar-refractivity contribution is 5.67. The molecule has 0 aromatic heterocycles. The van der Waals surface area contributed by atoms with E-state index in [-0.39, 0.29) is 18.3 Å². The van der Waals surface area contributed by atoms with Gasteiger partial charge in [0.05, 0.1) is 23.8 Å². The van der Waals surface area contributed by atoms with Crippen LogP contribution in [0.4, 0.5) is 4.79 Å². The molecule has 2 aliphatic heterocycles. The number of fused-ring (bicyclic) bond motifs is 2. The van der Waals surface area contributed by atoms with Crippen molar-refractivity contribution in [1.29, 1.82) is 5.26 Å². The van der Waals surface area contributed by atoms with Crippen LogP contribution in [-0.2, 0) is 15.9 Å². The molecule has 0 spiro atoms. The molecule has 7 nitrogen and oxygen atoms in total. The Morgan fingerprint density at radius 2 is 1.71 bits per heavy atom. The monoisotopic (exact) mass is 428 g/mol. The number of morpholine rings is 2. The Bertz CT molecular complexity index is 740. The van der Waals surface area contributed by atoms with Crippen LogP contribution in [0, 0.1) is 11.3 Å². The summed E-state index contributed by atoms with van der Waals surface area (Å²) in [5.41, 5.74) is 1.55. The molecule has 0 saturated carbocycles. The first-order valence-corrected chi connectivity index (χ1v) is 11.4. The van der Waals surface area contributed by atoms with Crippen LogP contribution in [0.3, 0.4) is 0 Å². The molecule has 2 heterocycles. The molecular formula is C24H36N4O3. The summed E-state index contributed by atoms with van der Waals surface area (Å²) in [5.74, 6) is 0. The van der Waals surface area contributed by atoms with Crippen LogP contribution >= 0.6 is 0 Å². The summed E-state index contributed by atoms with van der Waals surface area (Å²) in [7, 11) is 0. The SMILES string of the molecule is CC(C)(C)OC(=O)NCCN1CC2CN(CCCCc3ccc(C#N)cc3)CC(C1)O2. The highest BCUT2D eigenvalue weighted by atomic mass is 16.6. The van der Waals surface area contributed by atoms with E-state index in [1.165, 1.54) is 12.0 Å². The molecule has 1 N–H and O–H groups in total. The quantitative estimate of drug-likeness (QED) is 0.642. The molecule has 170 valence electrons. The molecule has 7 heteroatoms. The first kappa shape index (κ1) is 23.5. The molecule has 1 aromatic rings. The van der Waals surface area contributed by atoms with Crippen LogP contribution in [0.15, 0.2) is 24.3 Å². The molecule has 0 aliphatic carbocycles. The molecule has 1 aromatic carbocycles. The maximum absolute atomic E-state index is 11.8. The summed E-state index contributed by atoms with van der Waals surface area (Å²) in [6.07, 6.45) is 3.51. The molecule has 0 radical (unpaired) electrons. The molecule has 2 bridgehead atoms. The van der Waals surface area contributed by atoms with Crippen LogP contribution in [0.2, 0.25) is 0 Å². The van der Waals surface area contributed by atoms with Gasteiger partial charge in [-0.3, -0.25) is 9.80 Å². The number of carbonyl (C=O) groups excluding carboxylic acids is 1. The Kier molecular flexibility index (Phi) is 8.30. The minimum absolute atomic E-state index is 0.243. The molecule has 2 aliphatic rings. The molecule has 1 amide bonds. The summed E-state index contributed by atoms with van der Waals surface area (Å²) in [6, 6.07) is 10.1. The topological polar surface area (TPSA) is 77.8 Å². The van der Waals surface area contributed by atoms with Crippen LogP contribution in [0.25, 0.3) is 0 Å². The fourth-order valence-corrected chi connectivity index (χ4v) is 4.27. The van der Waals surface area contributed by atoms with Crippen molar-refractivity contribution in [2.24, 2.45) is 0 Å². The van der Waals surface area contributed by atoms with Crippen LogP contribution in [0.1, 0.15) is 44.7 Å². The van der Waals surface area contributed by atoms with Gasteiger partial charge in [0.25, 0.3) is 0 Å². The van der Waals surface area contributed by atoms with E-state index in [2.05, 4.69) is 33.3 Å². The van der Waals surface area contributed by atoms with Crippen LogP contribution in [0.5, 0.6) is 0 Å². The number of nitriles is 1. The second kappa shape index (κ2) is 10.9. The Morgan fingerprint density at radius 3 is 2.29 bits per heavy atom. The van der Waals surface area contributed by atoms with Crippen molar-refractivity contribution in [2.75, 3.05) is 45.8 Å². The van der Waals surface area contributed by atoms with Gasteiger partial charge < -0.3 is 14.8 Å². The lowest BCUT2D eigenvalue weighted by Gasteiger charge is -2.46. The van der Waals surface area contributed by atoms with Crippen molar-refractivity contribution in [2.45, 2.75) is 57.8 Å². The molecule has 3 rings (SSSR count). The number of amides is 1. The van der Waals surface area contributed by atoms with E-state index in [0.717, 1.165) is 57.7 Å². The predicted molar refractivity (Wildman–Crippen MR) is 120 cm³/mol. The van der Waals surface area contributed by atoms with Gasteiger partial charge in [-0.2, -0.15) is 5.26 Å². The molecule has 2 unspecified atom stereocenters. The van der Waals surface area contributed by atoms with Gasteiger partial charge in [0.15, 0.2) is 0 Å². The lowest BCUT2D eigenvalue weighted by molar-refractivity contribution is -0.138. The third kappa shape index (κ3) is 8.13. The fraction of sp³-hybridized carbons (Fsp3) is 0.667. The van der Waals surface area contributed by atoms with Gasteiger partial charge in [-0.15, -0.1) is 0 Å². The van der Waals surface area contributed by atoms with Gasteiger partial charge in [0.1, 0.15) is 5.60 Å². The summed E-state index contributed by atoms with van der Waals surface area (Å²) < 4.78 is 11.4. The maximum atomic E-state index is 11.8. The third-order valence-corrected chi connectivity index (χ3v) is 5.60. The average molecular weight is 429 g/mol. The molecule has 2 saturated heterocycles. The largest absolute Gasteiger partial charge is 0.444 e. The Balaban J connectivity index is 1.31. The van der Waals surface area contributed by atoms with Gasteiger partial charge in [0, 0.05) is 39.3 Å². The van der Waals surface area contributed by atoms with Crippen LogP contribution < -0.4 is 5.32 Å². The van der Waals surface area contributed by atoms with Gasteiger partial charge in [-0.05, 0) is 64.3 Å². The van der Waals surface area contributed by atoms with Crippen molar-refractivity contribution in [3.8, 4) is 6.07 Å². The molecular weight excluding hydrogens is 392 g/mol. The number of rotatable bonds is 8. The highest BCUT2D eigenvalue weighted by Crippen LogP contribution is 2.19. The average Bonchev–Trinajstić information content (AvgIpc) is 2.70. The standard InChI is InChI=1S/C24H36N4O3/c1-24(2,3)31-23(29)26-11-13-28-17-21-15-27(16-22(18-28)30-21)12-5-4-6-19-7-9-20(14-25)10-8-19/h7-10,21-22H,4-6,11-13,15-18H2,1-3H3,(H,26,29). The van der Waals surface area contributed by atoms with Gasteiger partial charge in [-0.25, -0.2) is 4.79 Å². The number of nitrogens with one attached hydrogen (secondary N) is 1.